The molecular weight excluding hydrogens is 192 g/mol. The van der Waals surface area contributed by atoms with Gasteiger partial charge in [-0.3, -0.25) is 4.79 Å². The molecule has 0 aliphatic heterocycles. The maximum atomic E-state index is 11.4. The van der Waals surface area contributed by atoms with E-state index in [1.54, 1.807) is 0 Å². The lowest BCUT2D eigenvalue weighted by atomic mass is 9.94. The van der Waals surface area contributed by atoms with Crippen molar-refractivity contribution < 1.29 is 9.53 Å². The van der Waals surface area contributed by atoms with Crippen LogP contribution in [0.4, 0.5) is 0 Å². The molecule has 4 heteroatoms. The summed E-state index contributed by atoms with van der Waals surface area (Å²) in [5.41, 5.74) is 0.622. The molecule has 1 rings (SSSR count). The van der Waals surface area contributed by atoms with Gasteiger partial charge in [0.25, 0.3) is 0 Å². The Morgan fingerprint density at radius 3 is 2.87 bits per heavy atom. The summed E-state index contributed by atoms with van der Waals surface area (Å²) in [6, 6.07) is 3.95. The molecule has 4 nitrogen and oxygen atoms in total. The number of carbonyl (C=O) groups is 1. The average molecular weight is 210 g/mol. The van der Waals surface area contributed by atoms with Crippen LogP contribution in [0.15, 0.2) is 18.3 Å². The summed E-state index contributed by atoms with van der Waals surface area (Å²) in [5, 5.41) is 3.21. The zero-order valence-electron chi connectivity index (χ0n) is 9.46. The molecule has 15 heavy (non-hydrogen) atoms. The van der Waals surface area contributed by atoms with Gasteiger partial charge in [-0.1, -0.05) is 0 Å². The summed E-state index contributed by atoms with van der Waals surface area (Å²) in [5.74, 6) is -0.193. The molecule has 0 unspecified atom stereocenters. The third kappa shape index (κ3) is 3.40. The van der Waals surface area contributed by atoms with Crippen LogP contribution < -0.4 is 5.32 Å². The summed E-state index contributed by atoms with van der Waals surface area (Å²) < 4.78 is 4.72. The molecule has 0 aromatic carbocycles. The van der Waals surface area contributed by atoms with Gasteiger partial charge in [0, 0.05) is 25.0 Å². The Bertz CT molecular complexity index is 304. The van der Waals surface area contributed by atoms with Crippen LogP contribution in [0, 0.1) is 5.41 Å². The molecule has 0 spiro atoms. The molecule has 0 radical (unpaired) electrons. The van der Waals surface area contributed by atoms with Crippen molar-refractivity contribution in [1.82, 2.24) is 10.3 Å². The fourth-order valence-electron chi connectivity index (χ4n) is 1.34. The van der Waals surface area contributed by atoms with Gasteiger partial charge in [-0.25, -0.2) is 0 Å². The van der Waals surface area contributed by atoms with Gasteiger partial charge in [0.1, 0.15) is 0 Å². The summed E-state index contributed by atoms with van der Waals surface area (Å²) >= 11 is 0. The van der Waals surface area contributed by atoms with Crippen LogP contribution in [0.3, 0.4) is 0 Å². The quantitative estimate of drug-likeness (QED) is 0.720. The number of hydrogen-bond donors (Lipinski definition) is 2. The molecule has 0 aliphatic carbocycles. The molecule has 0 atom stereocenters. The highest BCUT2D eigenvalue weighted by Crippen LogP contribution is 2.15. The molecule has 0 saturated heterocycles. The Morgan fingerprint density at radius 1 is 1.60 bits per heavy atom. The van der Waals surface area contributed by atoms with Crippen molar-refractivity contribution in [2.75, 3.05) is 13.7 Å². The molecule has 84 valence electrons. The fraction of sp³-hybridized carbons (Fsp3) is 0.545. The third-order valence-electron chi connectivity index (χ3n) is 2.28. The maximum absolute atomic E-state index is 11.4. The van der Waals surface area contributed by atoms with Gasteiger partial charge in [0.2, 0.25) is 0 Å². The maximum Gasteiger partial charge on any atom is 0.312 e. The predicted molar refractivity (Wildman–Crippen MR) is 58.3 cm³/mol. The first kappa shape index (κ1) is 11.8. The largest absolute Gasteiger partial charge is 0.469 e. The second-order valence-electron chi connectivity index (χ2n) is 4.17. The van der Waals surface area contributed by atoms with Crippen molar-refractivity contribution in [2.24, 2.45) is 5.41 Å². The number of esters is 1. The monoisotopic (exact) mass is 210 g/mol. The highest BCUT2D eigenvalue weighted by atomic mass is 16.5. The van der Waals surface area contributed by atoms with E-state index in [4.69, 9.17) is 4.74 Å². The van der Waals surface area contributed by atoms with Crippen LogP contribution >= 0.6 is 0 Å². The van der Waals surface area contributed by atoms with Crippen molar-refractivity contribution in [2.45, 2.75) is 20.4 Å². The van der Waals surface area contributed by atoms with Crippen molar-refractivity contribution in [1.29, 1.82) is 0 Å². The van der Waals surface area contributed by atoms with E-state index in [-0.39, 0.29) is 5.97 Å². The van der Waals surface area contributed by atoms with Crippen LogP contribution in [-0.2, 0) is 16.1 Å². The van der Waals surface area contributed by atoms with Crippen LogP contribution in [0.5, 0.6) is 0 Å². The van der Waals surface area contributed by atoms with E-state index in [2.05, 4.69) is 10.3 Å². The average Bonchev–Trinajstić information content (AvgIpc) is 2.69. The number of hydrogen-bond acceptors (Lipinski definition) is 3. The van der Waals surface area contributed by atoms with E-state index in [1.807, 2.05) is 32.2 Å². The van der Waals surface area contributed by atoms with Crippen molar-refractivity contribution in [3.8, 4) is 0 Å². The minimum Gasteiger partial charge on any atom is -0.469 e. The molecule has 0 saturated carbocycles. The number of aromatic amines is 1. The highest BCUT2D eigenvalue weighted by molar-refractivity contribution is 5.76. The molecule has 1 heterocycles. The van der Waals surface area contributed by atoms with Gasteiger partial charge in [-0.2, -0.15) is 0 Å². The van der Waals surface area contributed by atoms with E-state index in [1.165, 1.54) is 7.11 Å². The van der Waals surface area contributed by atoms with Gasteiger partial charge in [0.15, 0.2) is 0 Å². The van der Waals surface area contributed by atoms with Crippen molar-refractivity contribution >= 4 is 5.97 Å². The summed E-state index contributed by atoms with van der Waals surface area (Å²) in [6.07, 6.45) is 1.88. The number of aromatic nitrogens is 1. The van der Waals surface area contributed by atoms with Crippen LogP contribution in [0.1, 0.15) is 19.5 Å². The van der Waals surface area contributed by atoms with Gasteiger partial charge in [-0.05, 0) is 26.0 Å². The lowest BCUT2D eigenvalue weighted by molar-refractivity contribution is -0.150. The molecule has 0 amide bonds. The van der Waals surface area contributed by atoms with E-state index in [0.29, 0.717) is 6.54 Å². The summed E-state index contributed by atoms with van der Waals surface area (Å²) in [6.45, 7) is 5.05. The van der Waals surface area contributed by atoms with Gasteiger partial charge in [-0.15, -0.1) is 0 Å². The topological polar surface area (TPSA) is 54.1 Å². The standard InChI is InChI=1S/C11H18N2O2/c1-11(2,10(14)15-3)8-12-7-9-5-4-6-13-9/h4-6,12-13H,7-8H2,1-3H3. The number of nitrogens with one attached hydrogen (secondary N) is 2. The molecule has 0 aliphatic rings. The van der Waals surface area contributed by atoms with E-state index < -0.39 is 5.41 Å². The van der Waals surface area contributed by atoms with E-state index in [9.17, 15) is 4.79 Å². The smallest absolute Gasteiger partial charge is 0.312 e. The molecule has 0 bridgehead atoms. The Labute approximate surface area is 90.0 Å². The predicted octanol–water partition coefficient (Wildman–Crippen LogP) is 1.30. The second kappa shape index (κ2) is 4.98. The first-order valence-electron chi connectivity index (χ1n) is 4.97. The summed E-state index contributed by atoms with van der Waals surface area (Å²) in [7, 11) is 1.41. The van der Waals surface area contributed by atoms with Gasteiger partial charge in [0.05, 0.1) is 12.5 Å². The fourth-order valence-corrected chi connectivity index (χ4v) is 1.34. The number of ether oxygens (including phenoxy) is 1. The van der Waals surface area contributed by atoms with Crippen molar-refractivity contribution in [3.05, 3.63) is 24.0 Å². The van der Waals surface area contributed by atoms with Crippen LogP contribution in [0.25, 0.3) is 0 Å². The van der Waals surface area contributed by atoms with Gasteiger partial charge < -0.3 is 15.0 Å². The minimum absolute atomic E-state index is 0.193. The van der Waals surface area contributed by atoms with Crippen LogP contribution in [0.2, 0.25) is 0 Å². The van der Waals surface area contributed by atoms with E-state index >= 15 is 0 Å². The lowest BCUT2D eigenvalue weighted by Crippen LogP contribution is -2.36. The Morgan fingerprint density at radius 2 is 2.33 bits per heavy atom. The minimum atomic E-state index is -0.485. The van der Waals surface area contributed by atoms with Crippen molar-refractivity contribution in [3.63, 3.8) is 0 Å². The number of carbonyl (C=O) groups excluding carboxylic acids is 1. The Balaban J connectivity index is 2.33. The zero-order valence-corrected chi connectivity index (χ0v) is 9.46. The molecule has 2 N–H and O–H groups in total. The molecular formula is C11H18N2O2. The first-order chi connectivity index (χ1) is 7.06. The second-order valence-corrected chi connectivity index (χ2v) is 4.17. The number of rotatable bonds is 5. The van der Waals surface area contributed by atoms with E-state index in [0.717, 1.165) is 12.2 Å². The van der Waals surface area contributed by atoms with Crippen LogP contribution in [-0.4, -0.2) is 24.6 Å². The SMILES string of the molecule is COC(=O)C(C)(C)CNCc1ccc[nH]1. The third-order valence-corrected chi connectivity index (χ3v) is 2.28. The molecule has 0 fully saturated rings. The summed E-state index contributed by atoms with van der Waals surface area (Å²) in [4.78, 5) is 14.4. The number of H-pyrrole nitrogens is 1. The number of methoxy groups -OCH3 is 1. The highest BCUT2D eigenvalue weighted by Gasteiger charge is 2.27. The molecule has 1 aromatic rings. The van der Waals surface area contributed by atoms with Gasteiger partial charge >= 0.3 is 5.97 Å². The lowest BCUT2D eigenvalue weighted by Gasteiger charge is -2.21. The Hall–Kier alpha value is -1.29. The Kier molecular flexibility index (Phi) is 3.91. The first-order valence-corrected chi connectivity index (χ1v) is 4.97. The zero-order chi connectivity index (χ0) is 11.3. The normalized spacial score (nSPS) is 11.4. The molecule has 1 aromatic heterocycles.